The molecule has 0 spiro atoms. The van der Waals surface area contributed by atoms with Gasteiger partial charge < -0.3 is 5.32 Å². The summed E-state index contributed by atoms with van der Waals surface area (Å²) in [5.41, 5.74) is 0. The van der Waals surface area contributed by atoms with E-state index in [1.54, 1.807) is 0 Å². The van der Waals surface area contributed by atoms with Gasteiger partial charge in [0, 0.05) is 12.6 Å². The quantitative estimate of drug-likeness (QED) is 0.530. The molecule has 0 fully saturated rings. The molecule has 1 atom stereocenters. The highest BCUT2D eigenvalue weighted by atomic mass is 14.9. The van der Waals surface area contributed by atoms with E-state index in [-0.39, 0.29) is 0 Å². The number of nitrogens with one attached hydrogen (secondary N) is 1. The van der Waals surface area contributed by atoms with Crippen LogP contribution in [-0.4, -0.2) is 12.6 Å². The standard InChI is InChI=1S/C7H13N/c1-2-4-7-5-3-6-8-7/h3,5,7-8H,2,4,6H2,1H3/t7-/m1/s1. The van der Waals surface area contributed by atoms with Crippen LogP contribution < -0.4 is 5.32 Å². The third-order valence-corrected chi connectivity index (χ3v) is 1.47. The second-order valence-corrected chi connectivity index (χ2v) is 2.23. The smallest absolute Gasteiger partial charge is 0.0253 e. The summed E-state index contributed by atoms with van der Waals surface area (Å²) in [6.07, 6.45) is 7.02. The molecule has 0 amide bonds. The zero-order chi connectivity index (χ0) is 5.82. The molecule has 0 aromatic heterocycles. The van der Waals surface area contributed by atoms with E-state index in [9.17, 15) is 0 Å². The van der Waals surface area contributed by atoms with Crippen molar-refractivity contribution in [2.45, 2.75) is 25.8 Å². The van der Waals surface area contributed by atoms with Gasteiger partial charge in [-0.25, -0.2) is 0 Å². The van der Waals surface area contributed by atoms with Gasteiger partial charge in [0.05, 0.1) is 0 Å². The Morgan fingerprint density at radius 3 is 3.12 bits per heavy atom. The monoisotopic (exact) mass is 111 g/mol. The molecule has 0 aliphatic carbocycles. The van der Waals surface area contributed by atoms with Gasteiger partial charge in [0.25, 0.3) is 0 Å². The molecule has 1 heteroatoms. The Hall–Kier alpha value is -0.300. The Bertz CT molecular complexity index is 86.4. The van der Waals surface area contributed by atoms with Crippen LogP contribution in [0, 0.1) is 0 Å². The van der Waals surface area contributed by atoms with Crippen LogP contribution in [0.3, 0.4) is 0 Å². The third-order valence-electron chi connectivity index (χ3n) is 1.47. The maximum atomic E-state index is 3.35. The maximum absolute atomic E-state index is 3.35. The lowest BCUT2D eigenvalue weighted by Crippen LogP contribution is -2.21. The van der Waals surface area contributed by atoms with Crippen LogP contribution in [0.4, 0.5) is 0 Å². The number of hydrogen-bond donors (Lipinski definition) is 1. The Balaban J connectivity index is 2.16. The first kappa shape index (κ1) is 5.83. The van der Waals surface area contributed by atoms with Crippen LogP contribution >= 0.6 is 0 Å². The SMILES string of the molecule is CCC[C@@H]1C=CCN1. The molecule has 1 rings (SSSR count). The van der Waals surface area contributed by atoms with E-state index in [1.165, 1.54) is 12.8 Å². The summed E-state index contributed by atoms with van der Waals surface area (Å²) in [6, 6.07) is 0.681. The second kappa shape index (κ2) is 2.88. The molecule has 1 aliphatic rings. The van der Waals surface area contributed by atoms with Gasteiger partial charge >= 0.3 is 0 Å². The summed E-state index contributed by atoms with van der Waals surface area (Å²) in [4.78, 5) is 0. The van der Waals surface area contributed by atoms with Gasteiger partial charge in [-0.1, -0.05) is 25.5 Å². The molecular formula is C7H13N. The highest BCUT2D eigenvalue weighted by Gasteiger charge is 2.04. The fourth-order valence-corrected chi connectivity index (χ4v) is 1.03. The number of rotatable bonds is 2. The molecule has 0 radical (unpaired) electrons. The molecule has 1 aliphatic heterocycles. The summed E-state index contributed by atoms with van der Waals surface area (Å²) in [7, 11) is 0. The number of hydrogen-bond acceptors (Lipinski definition) is 1. The summed E-state index contributed by atoms with van der Waals surface area (Å²) < 4.78 is 0. The van der Waals surface area contributed by atoms with Gasteiger partial charge in [0.2, 0.25) is 0 Å². The normalized spacial score (nSPS) is 26.9. The predicted molar refractivity (Wildman–Crippen MR) is 35.8 cm³/mol. The van der Waals surface area contributed by atoms with Gasteiger partial charge in [0.1, 0.15) is 0 Å². The van der Waals surface area contributed by atoms with Crippen molar-refractivity contribution < 1.29 is 0 Å². The first-order valence-electron chi connectivity index (χ1n) is 3.33. The van der Waals surface area contributed by atoms with E-state index in [1.807, 2.05) is 0 Å². The molecule has 0 bridgehead atoms. The van der Waals surface area contributed by atoms with Crippen molar-refractivity contribution in [3.8, 4) is 0 Å². The van der Waals surface area contributed by atoms with Crippen LogP contribution in [-0.2, 0) is 0 Å². The van der Waals surface area contributed by atoms with E-state index in [0.29, 0.717) is 6.04 Å². The van der Waals surface area contributed by atoms with Crippen molar-refractivity contribution in [2.24, 2.45) is 0 Å². The van der Waals surface area contributed by atoms with Crippen LogP contribution in [0.25, 0.3) is 0 Å². The average Bonchev–Trinajstić information content (AvgIpc) is 2.19. The van der Waals surface area contributed by atoms with E-state index >= 15 is 0 Å². The Labute approximate surface area is 50.8 Å². The zero-order valence-corrected chi connectivity index (χ0v) is 5.35. The van der Waals surface area contributed by atoms with Crippen molar-refractivity contribution in [3.05, 3.63) is 12.2 Å². The van der Waals surface area contributed by atoms with E-state index in [4.69, 9.17) is 0 Å². The fraction of sp³-hybridized carbons (Fsp3) is 0.714. The Morgan fingerprint density at radius 2 is 2.62 bits per heavy atom. The molecule has 0 aromatic rings. The summed E-state index contributed by atoms with van der Waals surface area (Å²) in [6.45, 7) is 3.29. The predicted octanol–water partition coefficient (Wildman–Crippen LogP) is 1.31. The Kier molecular flexibility index (Phi) is 2.10. The first-order chi connectivity index (χ1) is 3.93. The van der Waals surface area contributed by atoms with Gasteiger partial charge in [-0.05, 0) is 6.42 Å². The summed E-state index contributed by atoms with van der Waals surface area (Å²) >= 11 is 0. The minimum Gasteiger partial charge on any atom is -0.307 e. The van der Waals surface area contributed by atoms with Crippen molar-refractivity contribution >= 4 is 0 Å². The molecule has 1 nitrogen and oxygen atoms in total. The van der Waals surface area contributed by atoms with Gasteiger partial charge in [-0.3, -0.25) is 0 Å². The van der Waals surface area contributed by atoms with Crippen molar-refractivity contribution in [1.82, 2.24) is 5.32 Å². The molecular weight excluding hydrogens is 98.1 g/mol. The van der Waals surface area contributed by atoms with Crippen molar-refractivity contribution in [1.29, 1.82) is 0 Å². The minimum absolute atomic E-state index is 0.681. The second-order valence-electron chi connectivity index (χ2n) is 2.23. The zero-order valence-electron chi connectivity index (χ0n) is 5.35. The third kappa shape index (κ3) is 1.34. The molecule has 0 aromatic carbocycles. The van der Waals surface area contributed by atoms with Crippen LogP contribution in [0.15, 0.2) is 12.2 Å². The van der Waals surface area contributed by atoms with E-state index in [2.05, 4.69) is 24.4 Å². The van der Waals surface area contributed by atoms with Crippen LogP contribution in [0.1, 0.15) is 19.8 Å². The highest BCUT2D eigenvalue weighted by Crippen LogP contribution is 2.01. The summed E-state index contributed by atoms with van der Waals surface area (Å²) in [5.74, 6) is 0. The lowest BCUT2D eigenvalue weighted by molar-refractivity contribution is 0.607. The summed E-state index contributed by atoms with van der Waals surface area (Å²) in [5, 5.41) is 3.35. The van der Waals surface area contributed by atoms with Crippen LogP contribution in [0.5, 0.6) is 0 Å². The van der Waals surface area contributed by atoms with E-state index < -0.39 is 0 Å². The van der Waals surface area contributed by atoms with Crippen molar-refractivity contribution in [3.63, 3.8) is 0 Å². The largest absolute Gasteiger partial charge is 0.307 e. The minimum atomic E-state index is 0.681. The first-order valence-corrected chi connectivity index (χ1v) is 3.33. The fourth-order valence-electron chi connectivity index (χ4n) is 1.03. The van der Waals surface area contributed by atoms with Gasteiger partial charge in [-0.15, -0.1) is 0 Å². The maximum Gasteiger partial charge on any atom is 0.0253 e. The topological polar surface area (TPSA) is 12.0 Å². The molecule has 1 N–H and O–H groups in total. The van der Waals surface area contributed by atoms with E-state index in [0.717, 1.165) is 6.54 Å². The van der Waals surface area contributed by atoms with Gasteiger partial charge in [0.15, 0.2) is 0 Å². The molecule has 8 heavy (non-hydrogen) atoms. The molecule has 0 saturated carbocycles. The highest BCUT2D eigenvalue weighted by molar-refractivity contribution is 5.01. The lowest BCUT2D eigenvalue weighted by atomic mass is 10.2. The molecule has 1 heterocycles. The molecule has 0 saturated heterocycles. The van der Waals surface area contributed by atoms with Gasteiger partial charge in [-0.2, -0.15) is 0 Å². The lowest BCUT2D eigenvalue weighted by Gasteiger charge is -2.04. The molecule has 0 unspecified atom stereocenters. The van der Waals surface area contributed by atoms with Crippen molar-refractivity contribution in [2.75, 3.05) is 6.54 Å². The Morgan fingerprint density at radius 1 is 1.75 bits per heavy atom. The molecule has 46 valence electrons. The van der Waals surface area contributed by atoms with Crippen LogP contribution in [0.2, 0.25) is 0 Å². The average molecular weight is 111 g/mol.